The molecule has 1 atom stereocenters. The monoisotopic (exact) mass is 306 g/mol. The van der Waals surface area contributed by atoms with Gasteiger partial charge in [0.1, 0.15) is 0 Å². The quantitative estimate of drug-likeness (QED) is 0.784. The van der Waals surface area contributed by atoms with Crippen molar-refractivity contribution in [3.05, 3.63) is 22.4 Å². The lowest BCUT2D eigenvalue weighted by molar-refractivity contribution is -0.127. The van der Waals surface area contributed by atoms with Crippen molar-refractivity contribution in [2.75, 3.05) is 32.7 Å². The van der Waals surface area contributed by atoms with E-state index < -0.39 is 0 Å². The van der Waals surface area contributed by atoms with E-state index in [1.165, 1.54) is 11.3 Å². The van der Waals surface area contributed by atoms with Crippen molar-refractivity contribution in [2.24, 2.45) is 5.92 Å². The number of ketones is 1. The predicted molar refractivity (Wildman–Crippen MR) is 83.6 cm³/mol. The van der Waals surface area contributed by atoms with Crippen LogP contribution in [0.1, 0.15) is 35.4 Å². The lowest BCUT2D eigenvalue weighted by Gasteiger charge is -2.32. The molecule has 2 aliphatic rings. The van der Waals surface area contributed by atoms with Crippen LogP contribution in [0.25, 0.3) is 0 Å². The van der Waals surface area contributed by atoms with Crippen LogP contribution in [0.4, 0.5) is 0 Å². The second kappa shape index (κ2) is 6.71. The van der Waals surface area contributed by atoms with Crippen LogP contribution in [0.2, 0.25) is 0 Å². The van der Waals surface area contributed by atoms with Crippen molar-refractivity contribution in [3.63, 3.8) is 0 Å². The van der Waals surface area contributed by atoms with Crippen LogP contribution in [0, 0.1) is 5.92 Å². The van der Waals surface area contributed by atoms with Crippen LogP contribution < -0.4 is 0 Å². The summed E-state index contributed by atoms with van der Waals surface area (Å²) in [6.07, 6.45) is 3.78. The molecule has 5 heteroatoms. The third-order valence-electron chi connectivity index (χ3n) is 4.50. The molecule has 3 rings (SSSR count). The van der Waals surface area contributed by atoms with E-state index in [4.69, 9.17) is 0 Å². The highest BCUT2D eigenvalue weighted by atomic mass is 32.1. The Balaban J connectivity index is 1.51. The number of rotatable bonds is 5. The van der Waals surface area contributed by atoms with Crippen molar-refractivity contribution >= 4 is 23.0 Å². The van der Waals surface area contributed by atoms with Gasteiger partial charge in [-0.15, -0.1) is 11.3 Å². The Morgan fingerprint density at radius 3 is 2.90 bits per heavy atom. The van der Waals surface area contributed by atoms with Crippen LogP contribution in [-0.4, -0.2) is 54.2 Å². The topological polar surface area (TPSA) is 40.6 Å². The van der Waals surface area contributed by atoms with Gasteiger partial charge in [0.2, 0.25) is 5.91 Å². The Morgan fingerprint density at radius 1 is 1.29 bits per heavy atom. The van der Waals surface area contributed by atoms with Crippen molar-refractivity contribution in [1.29, 1.82) is 0 Å². The van der Waals surface area contributed by atoms with E-state index in [0.29, 0.717) is 18.1 Å². The van der Waals surface area contributed by atoms with E-state index in [2.05, 4.69) is 4.90 Å². The molecule has 0 aliphatic carbocycles. The van der Waals surface area contributed by atoms with E-state index in [-0.39, 0.29) is 5.92 Å². The molecular formula is C16H22N2O2S. The Labute approximate surface area is 129 Å². The van der Waals surface area contributed by atoms with Crippen molar-refractivity contribution in [3.8, 4) is 0 Å². The fourth-order valence-electron chi connectivity index (χ4n) is 3.30. The number of likely N-dealkylation sites (tertiary alicyclic amines) is 2. The average molecular weight is 306 g/mol. The Morgan fingerprint density at radius 2 is 2.19 bits per heavy atom. The first-order valence-electron chi connectivity index (χ1n) is 7.82. The largest absolute Gasteiger partial charge is 0.341 e. The van der Waals surface area contributed by atoms with Gasteiger partial charge in [0.25, 0.3) is 0 Å². The fraction of sp³-hybridized carbons (Fsp3) is 0.625. The number of piperidine rings is 1. The molecule has 114 valence electrons. The third-order valence-corrected chi connectivity index (χ3v) is 5.38. The summed E-state index contributed by atoms with van der Waals surface area (Å²) in [6, 6.07) is 3.87. The summed E-state index contributed by atoms with van der Waals surface area (Å²) in [5.41, 5.74) is 0. The van der Waals surface area contributed by atoms with Gasteiger partial charge in [-0.3, -0.25) is 9.59 Å². The van der Waals surface area contributed by atoms with Crippen LogP contribution in [0.3, 0.4) is 0 Å². The summed E-state index contributed by atoms with van der Waals surface area (Å²) in [5, 5.41) is 1.97. The molecular weight excluding hydrogens is 284 g/mol. The number of nitrogens with zero attached hydrogens (tertiary/aromatic N) is 2. The lowest BCUT2D eigenvalue weighted by Crippen LogP contribution is -2.42. The second-order valence-corrected chi connectivity index (χ2v) is 6.91. The van der Waals surface area contributed by atoms with Crippen LogP contribution >= 0.6 is 11.3 Å². The minimum absolute atomic E-state index is 0.131. The number of carbonyl (C=O) groups excluding carboxylic acids is 2. The van der Waals surface area contributed by atoms with Crippen molar-refractivity contribution in [2.45, 2.75) is 25.7 Å². The molecule has 0 N–H and O–H groups in total. The van der Waals surface area contributed by atoms with Gasteiger partial charge in [0.05, 0.1) is 4.88 Å². The first kappa shape index (κ1) is 14.7. The zero-order chi connectivity index (χ0) is 14.7. The number of hydrogen-bond donors (Lipinski definition) is 0. The molecule has 0 aromatic carbocycles. The van der Waals surface area contributed by atoms with Gasteiger partial charge in [-0.05, 0) is 37.3 Å². The first-order valence-corrected chi connectivity index (χ1v) is 8.70. The maximum atomic E-state index is 12.4. The first-order chi connectivity index (χ1) is 10.2. The van der Waals surface area contributed by atoms with E-state index in [1.807, 2.05) is 22.4 Å². The molecule has 2 aliphatic heterocycles. The molecule has 0 bridgehead atoms. The number of carbonyl (C=O) groups is 2. The van der Waals surface area contributed by atoms with Gasteiger partial charge < -0.3 is 9.80 Å². The summed E-state index contributed by atoms with van der Waals surface area (Å²) in [7, 11) is 0. The molecule has 1 aromatic heterocycles. The molecule has 21 heavy (non-hydrogen) atoms. The van der Waals surface area contributed by atoms with Crippen molar-refractivity contribution < 1.29 is 9.59 Å². The number of hydrogen-bond acceptors (Lipinski definition) is 4. The van der Waals surface area contributed by atoms with Gasteiger partial charge in [-0.1, -0.05) is 6.07 Å². The van der Waals surface area contributed by atoms with Gasteiger partial charge in [-0.25, -0.2) is 0 Å². The van der Waals surface area contributed by atoms with Gasteiger partial charge in [0, 0.05) is 38.5 Å². The van der Waals surface area contributed by atoms with Crippen LogP contribution in [0.5, 0.6) is 0 Å². The lowest BCUT2D eigenvalue weighted by atomic mass is 9.93. The SMILES string of the molecule is O=C(c1cccs1)C1CCCN(CCN2CCCC2=O)C1. The smallest absolute Gasteiger partial charge is 0.222 e. The molecule has 1 amide bonds. The minimum Gasteiger partial charge on any atom is -0.341 e. The summed E-state index contributed by atoms with van der Waals surface area (Å²) in [4.78, 5) is 29.3. The average Bonchev–Trinajstić information content (AvgIpc) is 3.16. The predicted octanol–water partition coefficient (Wildman–Crippen LogP) is 2.27. The highest BCUT2D eigenvalue weighted by molar-refractivity contribution is 7.12. The summed E-state index contributed by atoms with van der Waals surface area (Å²) in [5.74, 6) is 0.719. The molecule has 2 fully saturated rings. The molecule has 0 saturated carbocycles. The highest BCUT2D eigenvalue weighted by Gasteiger charge is 2.28. The highest BCUT2D eigenvalue weighted by Crippen LogP contribution is 2.23. The summed E-state index contributed by atoms with van der Waals surface area (Å²) >= 11 is 1.54. The standard InChI is InChI=1S/C16H22N2O2S/c19-15-6-2-8-18(15)10-9-17-7-1-4-13(12-17)16(20)14-5-3-11-21-14/h3,5,11,13H,1-2,4,6-10,12H2. The number of Topliss-reactive ketones (excluding diaryl/α,β-unsaturated/α-hetero) is 1. The fourth-order valence-corrected chi connectivity index (χ4v) is 4.04. The van der Waals surface area contributed by atoms with E-state index in [0.717, 1.165) is 56.9 Å². The van der Waals surface area contributed by atoms with Crippen molar-refractivity contribution in [1.82, 2.24) is 9.80 Å². The number of amides is 1. The molecule has 3 heterocycles. The molecule has 1 unspecified atom stereocenters. The molecule has 1 aromatic rings. The zero-order valence-corrected chi connectivity index (χ0v) is 13.1. The van der Waals surface area contributed by atoms with E-state index >= 15 is 0 Å². The van der Waals surface area contributed by atoms with E-state index in [9.17, 15) is 9.59 Å². The molecule has 0 spiro atoms. The normalized spacial score (nSPS) is 23.7. The van der Waals surface area contributed by atoms with Gasteiger partial charge in [-0.2, -0.15) is 0 Å². The van der Waals surface area contributed by atoms with E-state index in [1.54, 1.807) is 0 Å². The summed E-state index contributed by atoms with van der Waals surface area (Å²) < 4.78 is 0. The van der Waals surface area contributed by atoms with Crippen LogP contribution in [-0.2, 0) is 4.79 Å². The van der Waals surface area contributed by atoms with Gasteiger partial charge >= 0.3 is 0 Å². The zero-order valence-electron chi connectivity index (χ0n) is 12.3. The maximum Gasteiger partial charge on any atom is 0.222 e. The maximum absolute atomic E-state index is 12.4. The molecule has 2 saturated heterocycles. The molecule has 4 nitrogen and oxygen atoms in total. The Kier molecular flexibility index (Phi) is 4.70. The second-order valence-electron chi connectivity index (χ2n) is 5.97. The Bertz CT molecular complexity index is 500. The third kappa shape index (κ3) is 3.52. The molecule has 0 radical (unpaired) electrons. The number of thiophene rings is 1. The van der Waals surface area contributed by atoms with Gasteiger partial charge in [0.15, 0.2) is 5.78 Å². The summed E-state index contributed by atoms with van der Waals surface area (Å²) in [6.45, 7) is 4.53. The Hall–Kier alpha value is -1.20. The van der Waals surface area contributed by atoms with Crippen LogP contribution in [0.15, 0.2) is 17.5 Å². The minimum atomic E-state index is 0.131.